The van der Waals surface area contributed by atoms with Gasteiger partial charge in [0, 0.05) is 11.9 Å². The van der Waals surface area contributed by atoms with E-state index in [1.54, 1.807) is 0 Å². The molecule has 1 unspecified atom stereocenters. The van der Waals surface area contributed by atoms with Crippen molar-refractivity contribution in [3.63, 3.8) is 0 Å². The van der Waals surface area contributed by atoms with E-state index in [9.17, 15) is 8.42 Å². The summed E-state index contributed by atoms with van der Waals surface area (Å²) in [5.74, 6) is 0.575. The largest absolute Gasteiger partial charge is 0.215 e. The lowest BCUT2D eigenvalue weighted by molar-refractivity contribution is 0.361. The van der Waals surface area contributed by atoms with Gasteiger partial charge in [0.2, 0.25) is 10.0 Å². The Morgan fingerprint density at radius 1 is 1.19 bits per heavy atom. The van der Waals surface area contributed by atoms with Crippen molar-refractivity contribution >= 4 is 21.6 Å². The molecular formula is C16H24ClNO2S. The molecule has 0 amide bonds. The molecule has 1 aromatic carbocycles. The minimum Gasteiger partial charge on any atom is -0.215 e. The lowest BCUT2D eigenvalue weighted by Gasteiger charge is -2.25. The Bertz CT molecular complexity index is 524. The van der Waals surface area contributed by atoms with Crippen molar-refractivity contribution < 1.29 is 8.42 Å². The van der Waals surface area contributed by atoms with Crippen molar-refractivity contribution in [2.24, 2.45) is 5.92 Å². The minimum absolute atomic E-state index is 0.00211. The fourth-order valence-electron chi connectivity index (χ4n) is 2.84. The maximum Gasteiger partial charge on any atom is 0.212 e. The van der Waals surface area contributed by atoms with Crippen molar-refractivity contribution in [2.75, 3.05) is 12.3 Å². The number of rotatable bonds is 6. The second-order valence-corrected chi connectivity index (χ2v) is 8.53. The van der Waals surface area contributed by atoms with Gasteiger partial charge >= 0.3 is 0 Å². The van der Waals surface area contributed by atoms with Gasteiger partial charge in [-0.2, -0.15) is 0 Å². The van der Waals surface area contributed by atoms with E-state index in [2.05, 4.69) is 4.72 Å². The lowest BCUT2D eigenvalue weighted by atomic mass is 9.89. The van der Waals surface area contributed by atoms with Crippen LogP contribution in [0.2, 0.25) is 0 Å². The topological polar surface area (TPSA) is 46.2 Å². The Balaban J connectivity index is 1.82. The highest BCUT2D eigenvalue weighted by molar-refractivity contribution is 7.89. The molecule has 1 aromatic rings. The smallest absolute Gasteiger partial charge is 0.212 e. The second-order valence-electron chi connectivity index (χ2n) is 6.06. The molecule has 0 radical (unpaired) electrons. The first-order valence-electron chi connectivity index (χ1n) is 7.62. The molecule has 0 heterocycles. The van der Waals surface area contributed by atoms with Gasteiger partial charge in [-0.15, -0.1) is 11.6 Å². The van der Waals surface area contributed by atoms with Crippen LogP contribution < -0.4 is 4.72 Å². The molecule has 5 heteroatoms. The number of nitrogens with one attached hydrogen (secondary N) is 1. The van der Waals surface area contributed by atoms with Crippen LogP contribution in [0.25, 0.3) is 0 Å². The maximum absolute atomic E-state index is 12.2. The average Bonchev–Trinajstić information content (AvgIpc) is 2.47. The highest BCUT2D eigenvalue weighted by Crippen LogP contribution is 2.27. The standard InChI is InChI=1S/C16H24ClNO2S/c1-13(15-5-3-2-4-6-15)12-21(19,20)18-11-14-7-9-16(17)10-8-14/h2-6,13-14,16,18H,7-12H2,1H3. The molecule has 0 spiro atoms. The van der Waals surface area contributed by atoms with Gasteiger partial charge in [-0.1, -0.05) is 37.3 Å². The Morgan fingerprint density at radius 3 is 2.43 bits per heavy atom. The van der Waals surface area contributed by atoms with Gasteiger partial charge in [-0.25, -0.2) is 13.1 Å². The monoisotopic (exact) mass is 329 g/mol. The summed E-state index contributed by atoms with van der Waals surface area (Å²) < 4.78 is 27.1. The Hall–Kier alpha value is -0.580. The zero-order chi connectivity index (χ0) is 15.3. The van der Waals surface area contributed by atoms with E-state index in [0.717, 1.165) is 31.2 Å². The number of alkyl halides is 1. The van der Waals surface area contributed by atoms with Crippen LogP contribution in [0.4, 0.5) is 0 Å². The first-order chi connectivity index (χ1) is 9.96. The van der Waals surface area contributed by atoms with Crippen molar-refractivity contribution in [1.29, 1.82) is 0 Å². The van der Waals surface area contributed by atoms with E-state index in [4.69, 9.17) is 11.6 Å². The fraction of sp³-hybridized carbons (Fsp3) is 0.625. The molecule has 0 saturated heterocycles. The molecule has 21 heavy (non-hydrogen) atoms. The summed E-state index contributed by atoms with van der Waals surface area (Å²) in [6.45, 7) is 2.50. The van der Waals surface area contributed by atoms with Crippen molar-refractivity contribution in [2.45, 2.75) is 43.9 Å². The van der Waals surface area contributed by atoms with Crippen LogP contribution in [0.1, 0.15) is 44.1 Å². The first kappa shape index (κ1) is 16.8. The summed E-state index contributed by atoms with van der Waals surface area (Å²) in [5.41, 5.74) is 1.06. The number of halogens is 1. The average molecular weight is 330 g/mol. The SMILES string of the molecule is CC(CS(=O)(=O)NCC1CCC(Cl)CC1)c1ccccc1. The van der Waals surface area contributed by atoms with Crippen molar-refractivity contribution in [3.8, 4) is 0 Å². The number of sulfonamides is 1. The quantitative estimate of drug-likeness (QED) is 0.812. The summed E-state index contributed by atoms with van der Waals surface area (Å²) in [7, 11) is -3.22. The normalized spacial score (nSPS) is 24.7. The van der Waals surface area contributed by atoms with Gasteiger partial charge in [-0.05, 0) is 43.1 Å². The first-order valence-corrected chi connectivity index (χ1v) is 9.71. The molecule has 3 nitrogen and oxygen atoms in total. The van der Waals surface area contributed by atoms with E-state index < -0.39 is 10.0 Å². The van der Waals surface area contributed by atoms with Crippen LogP contribution in [0.5, 0.6) is 0 Å². The Morgan fingerprint density at radius 2 is 1.81 bits per heavy atom. The third kappa shape index (κ3) is 5.61. The fourth-order valence-corrected chi connectivity index (χ4v) is 4.55. The van der Waals surface area contributed by atoms with Crippen molar-refractivity contribution in [3.05, 3.63) is 35.9 Å². The predicted octanol–water partition coefficient (Wildman–Crippen LogP) is 3.51. The number of hydrogen-bond acceptors (Lipinski definition) is 2. The summed E-state index contributed by atoms with van der Waals surface area (Å²) in [6, 6.07) is 9.77. The van der Waals surface area contributed by atoms with Gasteiger partial charge in [0.25, 0.3) is 0 Å². The van der Waals surface area contributed by atoms with E-state index in [0.29, 0.717) is 12.5 Å². The highest BCUT2D eigenvalue weighted by Gasteiger charge is 2.22. The van der Waals surface area contributed by atoms with Crippen LogP contribution in [-0.4, -0.2) is 26.1 Å². The van der Waals surface area contributed by atoms with Crippen LogP contribution in [-0.2, 0) is 10.0 Å². The predicted molar refractivity (Wildman–Crippen MR) is 88.2 cm³/mol. The number of benzene rings is 1. The van der Waals surface area contributed by atoms with E-state index in [-0.39, 0.29) is 17.0 Å². The highest BCUT2D eigenvalue weighted by atomic mass is 35.5. The maximum atomic E-state index is 12.2. The third-order valence-electron chi connectivity index (χ3n) is 4.21. The van der Waals surface area contributed by atoms with Gasteiger partial charge in [0.05, 0.1) is 5.75 Å². The van der Waals surface area contributed by atoms with E-state index in [1.165, 1.54) is 0 Å². The molecule has 2 rings (SSSR count). The molecule has 118 valence electrons. The molecular weight excluding hydrogens is 306 g/mol. The minimum atomic E-state index is -3.22. The van der Waals surface area contributed by atoms with Crippen LogP contribution in [0.15, 0.2) is 30.3 Å². The molecule has 1 fully saturated rings. The molecule has 1 aliphatic carbocycles. The summed E-state index contributed by atoms with van der Waals surface area (Å²) >= 11 is 6.07. The lowest BCUT2D eigenvalue weighted by Crippen LogP contribution is -2.34. The zero-order valence-corrected chi connectivity index (χ0v) is 14.0. The summed E-state index contributed by atoms with van der Waals surface area (Å²) in [5, 5.41) is 0.274. The van der Waals surface area contributed by atoms with E-state index in [1.807, 2.05) is 37.3 Å². The molecule has 1 atom stereocenters. The zero-order valence-electron chi connectivity index (χ0n) is 12.5. The summed E-state index contributed by atoms with van der Waals surface area (Å²) in [4.78, 5) is 0. The second kappa shape index (κ2) is 7.61. The summed E-state index contributed by atoms with van der Waals surface area (Å²) in [6.07, 6.45) is 4.03. The van der Waals surface area contributed by atoms with Gasteiger partial charge in [-0.3, -0.25) is 0 Å². The van der Waals surface area contributed by atoms with Crippen molar-refractivity contribution in [1.82, 2.24) is 4.72 Å². The Labute approximate surface area is 133 Å². The van der Waals surface area contributed by atoms with Crippen LogP contribution in [0.3, 0.4) is 0 Å². The van der Waals surface area contributed by atoms with Gasteiger partial charge in [0.1, 0.15) is 0 Å². The molecule has 1 saturated carbocycles. The van der Waals surface area contributed by atoms with E-state index >= 15 is 0 Å². The Kier molecular flexibility index (Phi) is 6.08. The molecule has 0 aliphatic heterocycles. The molecule has 1 aliphatic rings. The molecule has 0 bridgehead atoms. The number of hydrogen-bond donors (Lipinski definition) is 1. The molecule has 1 N–H and O–H groups in total. The van der Waals surface area contributed by atoms with Gasteiger partial charge in [0.15, 0.2) is 0 Å². The third-order valence-corrected chi connectivity index (χ3v) is 6.19. The van der Waals surface area contributed by atoms with Gasteiger partial charge < -0.3 is 0 Å². The van der Waals surface area contributed by atoms with Crippen LogP contribution >= 0.6 is 11.6 Å². The molecule has 0 aromatic heterocycles. The van der Waals surface area contributed by atoms with Crippen LogP contribution in [0, 0.1) is 5.92 Å².